The van der Waals surface area contributed by atoms with Gasteiger partial charge in [0.1, 0.15) is 0 Å². The van der Waals surface area contributed by atoms with Crippen LogP contribution >= 0.6 is 0 Å². The number of hydrogen-bond donors (Lipinski definition) is 2. The van der Waals surface area contributed by atoms with Crippen molar-refractivity contribution in [2.24, 2.45) is 0 Å². The average Bonchev–Trinajstić information content (AvgIpc) is 2.36. The largest absolute Gasteiger partial charge is 0.329 e. The van der Waals surface area contributed by atoms with Crippen molar-refractivity contribution in [2.75, 3.05) is 0 Å². The number of aromatic amines is 1. The first-order valence-electron chi connectivity index (χ1n) is 6.51. The molecule has 0 atom stereocenters. The van der Waals surface area contributed by atoms with Gasteiger partial charge in [0.05, 0.1) is 4.90 Å². The summed E-state index contributed by atoms with van der Waals surface area (Å²) in [6.45, 7) is 5.35. The van der Waals surface area contributed by atoms with Gasteiger partial charge < -0.3 is 4.98 Å². The van der Waals surface area contributed by atoms with Gasteiger partial charge in [-0.3, -0.25) is 4.79 Å². The van der Waals surface area contributed by atoms with Crippen molar-refractivity contribution >= 4 is 10.0 Å². The first-order chi connectivity index (χ1) is 9.67. The minimum absolute atomic E-state index is 0.176. The molecule has 0 spiro atoms. The van der Waals surface area contributed by atoms with Gasteiger partial charge in [-0.1, -0.05) is 12.1 Å². The first kappa shape index (κ1) is 15.5. The molecule has 0 radical (unpaired) electrons. The van der Waals surface area contributed by atoms with Gasteiger partial charge in [0.15, 0.2) is 0 Å². The van der Waals surface area contributed by atoms with Crippen molar-refractivity contribution < 1.29 is 8.42 Å². The summed E-state index contributed by atoms with van der Waals surface area (Å²) >= 11 is 0. The van der Waals surface area contributed by atoms with E-state index in [0.29, 0.717) is 11.1 Å². The van der Waals surface area contributed by atoms with Crippen molar-refractivity contribution in [3.63, 3.8) is 0 Å². The molecule has 0 aliphatic heterocycles. The molecule has 21 heavy (non-hydrogen) atoms. The number of rotatable bonds is 3. The van der Waals surface area contributed by atoms with E-state index in [1.165, 1.54) is 18.3 Å². The summed E-state index contributed by atoms with van der Waals surface area (Å²) < 4.78 is 27.2. The lowest BCUT2D eigenvalue weighted by Gasteiger charge is -2.20. The van der Waals surface area contributed by atoms with E-state index in [2.05, 4.69) is 9.71 Å². The highest BCUT2D eigenvalue weighted by Gasteiger charge is 2.22. The van der Waals surface area contributed by atoms with Crippen molar-refractivity contribution in [3.8, 4) is 11.1 Å². The van der Waals surface area contributed by atoms with Gasteiger partial charge in [-0.15, -0.1) is 0 Å². The van der Waals surface area contributed by atoms with Crippen LogP contribution in [0.15, 0.2) is 52.3 Å². The maximum absolute atomic E-state index is 12.3. The fourth-order valence-electron chi connectivity index (χ4n) is 1.93. The number of H-pyrrole nitrogens is 1. The molecule has 0 unspecified atom stereocenters. The summed E-state index contributed by atoms with van der Waals surface area (Å²) in [6, 6.07) is 9.68. The number of aromatic nitrogens is 1. The number of nitrogens with one attached hydrogen (secondary N) is 2. The molecule has 0 amide bonds. The summed E-state index contributed by atoms with van der Waals surface area (Å²) in [5, 5.41) is 0. The van der Waals surface area contributed by atoms with Crippen LogP contribution in [-0.4, -0.2) is 18.9 Å². The molecule has 112 valence electrons. The zero-order valence-corrected chi connectivity index (χ0v) is 13.0. The quantitative estimate of drug-likeness (QED) is 0.911. The molecule has 1 aromatic carbocycles. The highest BCUT2D eigenvalue weighted by molar-refractivity contribution is 7.89. The molecular weight excluding hydrogens is 288 g/mol. The zero-order valence-electron chi connectivity index (χ0n) is 12.2. The van der Waals surface area contributed by atoms with Gasteiger partial charge in [0.2, 0.25) is 15.6 Å². The van der Waals surface area contributed by atoms with E-state index in [0.717, 1.165) is 0 Å². The van der Waals surface area contributed by atoms with Crippen molar-refractivity contribution in [3.05, 3.63) is 52.9 Å². The Kier molecular flexibility index (Phi) is 4.02. The van der Waals surface area contributed by atoms with Gasteiger partial charge >= 0.3 is 0 Å². The molecule has 0 saturated carbocycles. The van der Waals surface area contributed by atoms with Crippen molar-refractivity contribution in [1.82, 2.24) is 9.71 Å². The van der Waals surface area contributed by atoms with Gasteiger partial charge in [0.25, 0.3) is 0 Å². The summed E-state index contributed by atoms with van der Waals surface area (Å²) in [5.74, 6) is 0. The van der Waals surface area contributed by atoms with E-state index in [9.17, 15) is 13.2 Å². The Bertz CT molecular complexity index is 802. The van der Waals surface area contributed by atoms with Crippen molar-refractivity contribution in [2.45, 2.75) is 31.2 Å². The first-order valence-corrected chi connectivity index (χ1v) is 7.99. The van der Waals surface area contributed by atoms with Crippen LogP contribution < -0.4 is 10.3 Å². The third kappa shape index (κ3) is 4.03. The summed E-state index contributed by atoms with van der Waals surface area (Å²) in [5.41, 5.74) is 0.566. The SMILES string of the molecule is CC(C)(C)NS(=O)(=O)c1cccc(-c2cc[nH]c(=O)c2)c1. The third-order valence-electron chi connectivity index (χ3n) is 2.69. The lowest BCUT2D eigenvalue weighted by atomic mass is 10.1. The predicted octanol–water partition coefficient (Wildman–Crippen LogP) is 2.12. The summed E-state index contributed by atoms with van der Waals surface area (Å²) in [4.78, 5) is 14.1. The fraction of sp³-hybridized carbons (Fsp3) is 0.267. The van der Waals surface area contributed by atoms with E-state index >= 15 is 0 Å². The van der Waals surface area contributed by atoms with Crippen LogP contribution in [0.1, 0.15) is 20.8 Å². The molecule has 1 aromatic heterocycles. The minimum Gasteiger partial charge on any atom is -0.329 e. The Labute approximate surface area is 124 Å². The fourth-order valence-corrected chi connectivity index (χ4v) is 3.39. The molecule has 0 aliphatic carbocycles. The molecule has 0 bridgehead atoms. The second-order valence-corrected chi connectivity index (χ2v) is 7.51. The van der Waals surface area contributed by atoms with Crippen LogP contribution in [0, 0.1) is 0 Å². The number of hydrogen-bond acceptors (Lipinski definition) is 3. The van der Waals surface area contributed by atoms with E-state index < -0.39 is 15.6 Å². The van der Waals surface area contributed by atoms with E-state index in [1.54, 1.807) is 45.0 Å². The monoisotopic (exact) mass is 306 g/mol. The summed E-state index contributed by atoms with van der Waals surface area (Å²) in [6.07, 6.45) is 1.53. The molecule has 2 aromatic rings. The summed E-state index contributed by atoms with van der Waals surface area (Å²) in [7, 11) is -3.59. The van der Waals surface area contributed by atoms with E-state index in [4.69, 9.17) is 0 Å². The number of pyridine rings is 1. The van der Waals surface area contributed by atoms with Gasteiger partial charge in [-0.05, 0) is 50.1 Å². The highest BCUT2D eigenvalue weighted by atomic mass is 32.2. The molecule has 0 fully saturated rings. The molecule has 2 rings (SSSR count). The van der Waals surface area contributed by atoms with Crippen LogP contribution in [0.2, 0.25) is 0 Å². The smallest absolute Gasteiger partial charge is 0.248 e. The van der Waals surface area contributed by atoms with Crippen molar-refractivity contribution in [1.29, 1.82) is 0 Å². The lowest BCUT2D eigenvalue weighted by molar-refractivity contribution is 0.491. The Morgan fingerprint density at radius 3 is 2.33 bits per heavy atom. The normalized spacial score (nSPS) is 12.3. The molecule has 0 aliphatic rings. The molecular formula is C15H18N2O3S. The molecule has 0 saturated heterocycles. The third-order valence-corrected chi connectivity index (χ3v) is 4.45. The standard InChI is InChI=1S/C15H18N2O3S/c1-15(2,3)17-21(19,20)13-6-4-5-11(9-13)12-7-8-16-14(18)10-12/h4-10,17H,1-3H3,(H,16,18). The Hall–Kier alpha value is -1.92. The second-order valence-electron chi connectivity index (χ2n) is 5.82. The Morgan fingerprint density at radius 2 is 1.71 bits per heavy atom. The second kappa shape index (κ2) is 5.46. The van der Waals surface area contributed by atoms with E-state index in [-0.39, 0.29) is 10.5 Å². The van der Waals surface area contributed by atoms with Crippen LogP contribution in [0.4, 0.5) is 0 Å². The molecule has 5 nitrogen and oxygen atoms in total. The van der Waals surface area contributed by atoms with Crippen LogP contribution in [0.3, 0.4) is 0 Å². The number of benzene rings is 1. The molecule has 1 heterocycles. The Morgan fingerprint density at radius 1 is 1.05 bits per heavy atom. The topological polar surface area (TPSA) is 79.0 Å². The molecule has 6 heteroatoms. The van der Waals surface area contributed by atoms with Crippen LogP contribution in [0.25, 0.3) is 11.1 Å². The predicted molar refractivity (Wildman–Crippen MR) is 82.6 cm³/mol. The lowest BCUT2D eigenvalue weighted by Crippen LogP contribution is -2.40. The van der Waals surface area contributed by atoms with E-state index in [1.807, 2.05) is 0 Å². The highest BCUT2D eigenvalue weighted by Crippen LogP contribution is 2.21. The van der Waals surface area contributed by atoms with Gasteiger partial charge in [-0.2, -0.15) is 0 Å². The van der Waals surface area contributed by atoms with Crippen LogP contribution in [-0.2, 0) is 10.0 Å². The Balaban J connectivity index is 2.45. The van der Waals surface area contributed by atoms with Gasteiger partial charge in [0, 0.05) is 17.8 Å². The minimum atomic E-state index is -3.59. The maximum Gasteiger partial charge on any atom is 0.248 e. The zero-order chi connectivity index (χ0) is 15.7. The van der Waals surface area contributed by atoms with Gasteiger partial charge in [-0.25, -0.2) is 13.1 Å². The molecule has 2 N–H and O–H groups in total. The maximum atomic E-state index is 12.3. The number of sulfonamides is 1. The average molecular weight is 306 g/mol. The van der Waals surface area contributed by atoms with Crippen LogP contribution in [0.5, 0.6) is 0 Å².